The van der Waals surface area contributed by atoms with E-state index in [4.69, 9.17) is 4.74 Å². The third-order valence-corrected chi connectivity index (χ3v) is 5.24. The Bertz CT molecular complexity index is 473. The molecule has 3 nitrogen and oxygen atoms in total. The molecule has 3 rings (SSSR count). The first-order valence-corrected chi connectivity index (χ1v) is 8.68. The molecule has 120 valence electrons. The van der Waals surface area contributed by atoms with Crippen LogP contribution in [-0.2, 0) is 16.1 Å². The molecule has 2 fully saturated rings. The van der Waals surface area contributed by atoms with Gasteiger partial charge >= 0.3 is 0 Å². The lowest BCUT2D eigenvalue weighted by Gasteiger charge is -2.38. The summed E-state index contributed by atoms with van der Waals surface area (Å²) in [7, 11) is 0. The Morgan fingerprint density at radius 1 is 1.18 bits per heavy atom. The van der Waals surface area contributed by atoms with Crippen LogP contribution in [0.1, 0.15) is 44.6 Å². The van der Waals surface area contributed by atoms with Crippen molar-refractivity contribution in [2.24, 2.45) is 5.92 Å². The van der Waals surface area contributed by atoms with Gasteiger partial charge in [-0.25, -0.2) is 0 Å². The van der Waals surface area contributed by atoms with E-state index in [9.17, 15) is 4.79 Å². The predicted molar refractivity (Wildman–Crippen MR) is 87.6 cm³/mol. The molecular formula is C19H27NO2. The highest BCUT2D eigenvalue weighted by Gasteiger charge is 2.42. The zero-order chi connectivity index (χ0) is 15.4. The molecule has 0 saturated carbocycles. The molecule has 22 heavy (non-hydrogen) atoms. The van der Waals surface area contributed by atoms with Crippen molar-refractivity contribution < 1.29 is 9.53 Å². The summed E-state index contributed by atoms with van der Waals surface area (Å²) in [4.78, 5) is 15.0. The van der Waals surface area contributed by atoms with Crippen molar-refractivity contribution in [3.63, 3.8) is 0 Å². The first-order valence-electron chi connectivity index (χ1n) is 8.68. The molecule has 2 atom stereocenters. The first-order chi connectivity index (χ1) is 10.8. The molecule has 2 aliphatic rings. The summed E-state index contributed by atoms with van der Waals surface area (Å²) in [5, 5.41) is 0. The maximum atomic E-state index is 12.4. The summed E-state index contributed by atoms with van der Waals surface area (Å²) in [6.07, 6.45) is 5.21. The lowest BCUT2D eigenvalue weighted by atomic mass is 9.86. The summed E-state index contributed by atoms with van der Waals surface area (Å²) in [6, 6.07) is 11.9. The topological polar surface area (TPSA) is 29.5 Å². The number of fused-ring (bicyclic) bond motifs is 2. The van der Waals surface area contributed by atoms with Crippen LogP contribution in [0.4, 0.5) is 0 Å². The van der Waals surface area contributed by atoms with Crippen molar-refractivity contribution in [2.45, 2.75) is 57.7 Å². The Kier molecular flexibility index (Phi) is 5.27. The van der Waals surface area contributed by atoms with Crippen molar-refractivity contribution in [3.05, 3.63) is 35.9 Å². The quantitative estimate of drug-likeness (QED) is 0.723. The number of hydrogen-bond donors (Lipinski definition) is 0. The maximum Gasteiger partial charge on any atom is 0.138 e. The third-order valence-electron chi connectivity index (χ3n) is 5.24. The number of piperidine rings is 1. The van der Waals surface area contributed by atoms with Crippen LogP contribution in [0.3, 0.4) is 0 Å². The molecule has 1 aromatic carbocycles. The van der Waals surface area contributed by atoms with E-state index in [0.29, 0.717) is 37.5 Å². The van der Waals surface area contributed by atoms with E-state index in [0.717, 1.165) is 19.4 Å². The molecule has 0 spiro atoms. The molecule has 1 aromatic rings. The minimum absolute atomic E-state index is 0.268. The van der Waals surface area contributed by atoms with Crippen LogP contribution >= 0.6 is 0 Å². The number of ether oxygens (including phenoxy) is 1. The number of rotatable bonds is 7. The van der Waals surface area contributed by atoms with Gasteiger partial charge in [0.2, 0.25) is 0 Å². The number of carbonyl (C=O) groups excluding carboxylic acids is 1. The van der Waals surface area contributed by atoms with Crippen molar-refractivity contribution in [1.82, 2.24) is 4.90 Å². The Labute approximate surface area is 133 Å². The summed E-state index contributed by atoms with van der Waals surface area (Å²) < 4.78 is 5.33. The fourth-order valence-electron chi connectivity index (χ4n) is 4.11. The SMILES string of the molecule is CCOCCC(=O)C1CC2CCC(C1)N2Cc1ccccc1. The molecule has 2 saturated heterocycles. The molecule has 2 aliphatic heterocycles. The molecule has 3 heteroatoms. The van der Waals surface area contributed by atoms with Crippen LogP contribution in [0.2, 0.25) is 0 Å². The lowest BCUT2D eigenvalue weighted by molar-refractivity contribution is -0.126. The van der Waals surface area contributed by atoms with Gasteiger partial charge in [0.25, 0.3) is 0 Å². The Morgan fingerprint density at radius 2 is 1.86 bits per heavy atom. The fourth-order valence-corrected chi connectivity index (χ4v) is 4.11. The van der Waals surface area contributed by atoms with Gasteiger partial charge in [-0.05, 0) is 38.2 Å². The van der Waals surface area contributed by atoms with Gasteiger partial charge in [-0.3, -0.25) is 9.69 Å². The van der Waals surface area contributed by atoms with Gasteiger partial charge in [-0.15, -0.1) is 0 Å². The van der Waals surface area contributed by atoms with Crippen molar-refractivity contribution in [1.29, 1.82) is 0 Å². The second-order valence-electron chi connectivity index (χ2n) is 6.62. The monoisotopic (exact) mass is 301 g/mol. The van der Waals surface area contributed by atoms with E-state index in [-0.39, 0.29) is 5.92 Å². The fraction of sp³-hybridized carbons (Fsp3) is 0.632. The highest BCUT2D eigenvalue weighted by molar-refractivity contribution is 5.81. The van der Waals surface area contributed by atoms with Crippen molar-refractivity contribution in [2.75, 3.05) is 13.2 Å². The molecule has 2 unspecified atom stereocenters. The maximum absolute atomic E-state index is 12.4. The predicted octanol–water partition coefficient (Wildman–Crippen LogP) is 3.43. The number of ketones is 1. The van der Waals surface area contributed by atoms with Crippen molar-refractivity contribution in [3.8, 4) is 0 Å². The zero-order valence-corrected chi connectivity index (χ0v) is 13.5. The van der Waals surface area contributed by atoms with E-state index >= 15 is 0 Å². The smallest absolute Gasteiger partial charge is 0.138 e. The van der Waals surface area contributed by atoms with Crippen LogP contribution < -0.4 is 0 Å². The van der Waals surface area contributed by atoms with E-state index in [2.05, 4.69) is 35.2 Å². The van der Waals surface area contributed by atoms with Gasteiger partial charge in [-0.2, -0.15) is 0 Å². The number of Topliss-reactive ketones (excluding diaryl/α,β-unsaturated/α-hetero) is 1. The van der Waals surface area contributed by atoms with Gasteiger partial charge in [0.05, 0.1) is 6.61 Å². The molecule has 0 aliphatic carbocycles. The first kappa shape index (κ1) is 15.7. The number of nitrogens with zero attached hydrogens (tertiary/aromatic N) is 1. The summed E-state index contributed by atoms with van der Waals surface area (Å²) in [6.45, 7) is 4.31. The minimum atomic E-state index is 0.268. The zero-order valence-electron chi connectivity index (χ0n) is 13.5. The number of carbonyl (C=O) groups is 1. The summed E-state index contributed by atoms with van der Waals surface area (Å²) >= 11 is 0. The Balaban J connectivity index is 1.56. The van der Waals surface area contributed by atoms with Crippen LogP contribution in [0.25, 0.3) is 0 Å². The van der Waals surface area contributed by atoms with Crippen LogP contribution in [-0.4, -0.2) is 36.0 Å². The summed E-state index contributed by atoms with van der Waals surface area (Å²) in [5.41, 5.74) is 1.39. The second-order valence-corrected chi connectivity index (χ2v) is 6.62. The third kappa shape index (κ3) is 3.58. The molecule has 0 amide bonds. The van der Waals surface area contributed by atoms with Gasteiger partial charge in [0.15, 0.2) is 0 Å². The largest absolute Gasteiger partial charge is 0.381 e. The molecule has 0 radical (unpaired) electrons. The molecule has 0 aromatic heterocycles. The van der Waals surface area contributed by atoms with E-state index < -0.39 is 0 Å². The van der Waals surface area contributed by atoms with Crippen LogP contribution in [0.15, 0.2) is 30.3 Å². The average molecular weight is 301 g/mol. The number of hydrogen-bond acceptors (Lipinski definition) is 3. The standard InChI is InChI=1S/C19H27NO2/c1-2-22-11-10-19(21)16-12-17-8-9-18(13-16)20(17)14-15-6-4-3-5-7-15/h3-7,16-18H,2,8-14H2,1H3. The van der Waals surface area contributed by atoms with Gasteiger partial charge in [0.1, 0.15) is 5.78 Å². The van der Waals surface area contributed by atoms with Gasteiger partial charge < -0.3 is 4.74 Å². The van der Waals surface area contributed by atoms with E-state index in [1.54, 1.807) is 0 Å². The molecular weight excluding hydrogens is 274 g/mol. The second kappa shape index (κ2) is 7.38. The molecule has 2 heterocycles. The lowest BCUT2D eigenvalue weighted by Crippen LogP contribution is -2.44. The summed E-state index contributed by atoms with van der Waals surface area (Å²) in [5.74, 6) is 0.690. The molecule has 0 N–H and O–H groups in total. The number of benzene rings is 1. The Morgan fingerprint density at radius 3 is 2.50 bits per heavy atom. The highest BCUT2D eigenvalue weighted by Crippen LogP contribution is 2.40. The van der Waals surface area contributed by atoms with Gasteiger partial charge in [-0.1, -0.05) is 30.3 Å². The normalized spacial score (nSPS) is 28.0. The van der Waals surface area contributed by atoms with Crippen molar-refractivity contribution >= 4 is 5.78 Å². The van der Waals surface area contributed by atoms with Crippen LogP contribution in [0.5, 0.6) is 0 Å². The average Bonchev–Trinajstić information content (AvgIpc) is 2.77. The van der Waals surface area contributed by atoms with Gasteiger partial charge in [0, 0.05) is 37.6 Å². The van der Waals surface area contributed by atoms with E-state index in [1.165, 1.54) is 18.4 Å². The van der Waals surface area contributed by atoms with Crippen LogP contribution in [0, 0.1) is 5.92 Å². The Hall–Kier alpha value is -1.19. The van der Waals surface area contributed by atoms with E-state index in [1.807, 2.05) is 6.92 Å². The highest BCUT2D eigenvalue weighted by atomic mass is 16.5. The minimum Gasteiger partial charge on any atom is -0.381 e. The molecule has 2 bridgehead atoms.